The number of benzene rings is 1. The molecule has 1 aromatic rings. The van der Waals surface area contributed by atoms with E-state index < -0.39 is 0 Å². The normalized spacial score (nSPS) is 17.6. The van der Waals surface area contributed by atoms with Crippen molar-refractivity contribution in [2.75, 3.05) is 39.9 Å². The summed E-state index contributed by atoms with van der Waals surface area (Å²) in [7, 11) is 1.82. The van der Waals surface area contributed by atoms with Crippen LogP contribution < -0.4 is 10.6 Å². The Hall–Kier alpha value is -0.860. The number of nitrogens with zero attached hydrogens (tertiary/aromatic N) is 2. The van der Waals surface area contributed by atoms with Crippen molar-refractivity contribution in [1.82, 2.24) is 15.5 Å². The van der Waals surface area contributed by atoms with E-state index in [0.717, 1.165) is 38.8 Å². The average Bonchev–Trinajstić information content (AvgIpc) is 2.55. The maximum absolute atomic E-state index is 5.52. The molecule has 142 valence electrons. The number of halogens is 1. The largest absolute Gasteiger partial charge is 0.379 e. The van der Waals surface area contributed by atoms with Gasteiger partial charge in [0.1, 0.15) is 0 Å². The van der Waals surface area contributed by atoms with Crippen LogP contribution in [-0.2, 0) is 4.74 Å². The highest BCUT2D eigenvalue weighted by molar-refractivity contribution is 14.0. The summed E-state index contributed by atoms with van der Waals surface area (Å²) >= 11 is 0. The maximum Gasteiger partial charge on any atom is 0.191 e. The van der Waals surface area contributed by atoms with E-state index in [4.69, 9.17) is 4.74 Å². The molecule has 0 aliphatic carbocycles. The van der Waals surface area contributed by atoms with Crippen molar-refractivity contribution in [3.63, 3.8) is 0 Å². The molecule has 0 spiro atoms. The van der Waals surface area contributed by atoms with Crippen molar-refractivity contribution in [1.29, 1.82) is 0 Å². The molecule has 0 aromatic heterocycles. The lowest BCUT2D eigenvalue weighted by atomic mass is 10.0. The van der Waals surface area contributed by atoms with Crippen LogP contribution in [-0.4, -0.2) is 56.3 Å². The van der Waals surface area contributed by atoms with Crippen LogP contribution >= 0.6 is 24.0 Å². The SMILES string of the molecule is CN=C(NCC(c1ccc(C)cc1)N1CCOCC1)NC(C)(C)C.I. The molecule has 1 heterocycles. The average molecular weight is 460 g/mol. The maximum atomic E-state index is 5.52. The van der Waals surface area contributed by atoms with Gasteiger partial charge in [-0.05, 0) is 33.3 Å². The van der Waals surface area contributed by atoms with Crippen LogP contribution in [0.5, 0.6) is 0 Å². The Morgan fingerprint density at radius 3 is 2.32 bits per heavy atom. The summed E-state index contributed by atoms with van der Waals surface area (Å²) in [6.07, 6.45) is 0. The van der Waals surface area contributed by atoms with Crippen molar-refractivity contribution < 1.29 is 4.74 Å². The van der Waals surface area contributed by atoms with E-state index in [9.17, 15) is 0 Å². The highest BCUT2D eigenvalue weighted by Gasteiger charge is 2.23. The predicted molar refractivity (Wildman–Crippen MR) is 116 cm³/mol. The first-order valence-corrected chi connectivity index (χ1v) is 8.76. The molecule has 1 saturated heterocycles. The van der Waals surface area contributed by atoms with Crippen LogP contribution in [0, 0.1) is 6.92 Å². The molecule has 1 atom stereocenters. The van der Waals surface area contributed by atoms with E-state index in [1.165, 1.54) is 11.1 Å². The molecule has 1 fully saturated rings. The van der Waals surface area contributed by atoms with Crippen LogP contribution in [0.15, 0.2) is 29.3 Å². The van der Waals surface area contributed by atoms with E-state index in [1.807, 2.05) is 7.05 Å². The lowest BCUT2D eigenvalue weighted by molar-refractivity contribution is 0.0170. The summed E-state index contributed by atoms with van der Waals surface area (Å²) in [6.45, 7) is 12.9. The van der Waals surface area contributed by atoms with Gasteiger partial charge in [-0.3, -0.25) is 9.89 Å². The fourth-order valence-electron chi connectivity index (χ4n) is 2.86. The molecular formula is C19H33IN4O. The molecule has 2 rings (SSSR count). The zero-order valence-corrected chi connectivity index (χ0v) is 18.5. The lowest BCUT2D eigenvalue weighted by Crippen LogP contribution is -2.50. The van der Waals surface area contributed by atoms with Crippen molar-refractivity contribution in [2.45, 2.75) is 39.3 Å². The van der Waals surface area contributed by atoms with Crippen LogP contribution in [0.4, 0.5) is 0 Å². The molecule has 0 radical (unpaired) electrons. The van der Waals surface area contributed by atoms with Crippen molar-refractivity contribution in [2.24, 2.45) is 4.99 Å². The molecule has 0 saturated carbocycles. The van der Waals surface area contributed by atoms with Gasteiger partial charge in [0.25, 0.3) is 0 Å². The highest BCUT2D eigenvalue weighted by atomic mass is 127. The Morgan fingerprint density at radius 2 is 1.80 bits per heavy atom. The smallest absolute Gasteiger partial charge is 0.191 e. The summed E-state index contributed by atoms with van der Waals surface area (Å²) in [5.41, 5.74) is 2.61. The number of rotatable bonds is 4. The molecule has 1 aliphatic rings. The minimum Gasteiger partial charge on any atom is -0.379 e. The molecule has 1 unspecified atom stereocenters. The van der Waals surface area contributed by atoms with E-state index in [0.29, 0.717) is 6.04 Å². The van der Waals surface area contributed by atoms with Crippen LogP contribution in [0.1, 0.15) is 37.9 Å². The standard InChI is InChI=1S/C19H32N4O.HI/c1-15-6-8-16(9-7-15)17(23-10-12-24-13-11-23)14-21-18(20-5)22-19(2,3)4;/h6-9,17H,10-14H2,1-5H3,(H2,20,21,22);1H. The van der Waals surface area contributed by atoms with Crippen LogP contribution in [0.3, 0.4) is 0 Å². The minimum atomic E-state index is -0.0137. The summed E-state index contributed by atoms with van der Waals surface area (Å²) in [5.74, 6) is 0.841. The van der Waals surface area contributed by atoms with E-state index in [1.54, 1.807) is 0 Å². The van der Waals surface area contributed by atoms with Gasteiger partial charge in [-0.25, -0.2) is 0 Å². The van der Waals surface area contributed by atoms with E-state index in [-0.39, 0.29) is 29.5 Å². The van der Waals surface area contributed by atoms with Gasteiger partial charge in [-0.2, -0.15) is 0 Å². The van der Waals surface area contributed by atoms with Crippen molar-refractivity contribution in [3.05, 3.63) is 35.4 Å². The van der Waals surface area contributed by atoms with Gasteiger partial charge in [-0.15, -0.1) is 24.0 Å². The summed E-state index contributed by atoms with van der Waals surface area (Å²) in [5, 5.41) is 6.91. The molecule has 0 amide bonds. The molecule has 25 heavy (non-hydrogen) atoms. The second-order valence-electron chi connectivity index (χ2n) is 7.40. The molecule has 0 bridgehead atoms. The summed E-state index contributed by atoms with van der Waals surface area (Å²) < 4.78 is 5.52. The third-order valence-corrected chi connectivity index (χ3v) is 4.13. The zero-order chi connectivity index (χ0) is 17.6. The zero-order valence-electron chi connectivity index (χ0n) is 16.1. The van der Waals surface area contributed by atoms with Crippen molar-refractivity contribution in [3.8, 4) is 0 Å². The van der Waals surface area contributed by atoms with E-state index in [2.05, 4.69) is 72.5 Å². The number of morpholine rings is 1. The number of aryl methyl sites for hydroxylation is 1. The van der Waals surface area contributed by atoms with Gasteiger partial charge < -0.3 is 15.4 Å². The van der Waals surface area contributed by atoms with Gasteiger partial charge in [0.15, 0.2) is 5.96 Å². The third-order valence-electron chi connectivity index (χ3n) is 4.13. The second-order valence-corrected chi connectivity index (χ2v) is 7.40. The molecule has 1 aliphatic heterocycles. The number of nitrogens with one attached hydrogen (secondary N) is 2. The topological polar surface area (TPSA) is 48.9 Å². The Bertz CT molecular complexity index is 533. The van der Waals surface area contributed by atoms with Crippen LogP contribution in [0.2, 0.25) is 0 Å². The second kappa shape index (κ2) is 10.3. The van der Waals surface area contributed by atoms with Gasteiger partial charge in [0.05, 0.1) is 19.3 Å². The Morgan fingerprint density at radius 1 is 1.20 bits per heavy atom. The highest BCUT2D eigenvalue weighted by Crippen LogP contribution is 2.21. The molecule has 6 heteroatoms. The summed E-state index contributed by atoms with van der Waals surface area (Å²) in [4.78, 5) is 6.84. The van der Waals surface area contributed by atoms with Gasteiger partial charge in [-0.1, -0.05) is 29.8 Å². The summed E-state index contributed by atoms with van der Waals surface area (Å²) in [6, 6.07) is 9.15. The number of hydrogen-bond acceptors (Lipinski definition) is 3. The van der Waals surface area contributed by atoms with E-state index >= 15 is 0 Å². The molecule has 5 nitrogen and oxygen atoms in total. The lowest BCUT2D eigenvalue weighted by Gasteiger charge is -2.35. The Labute approximate surface area is 169 Å². The number of guanidine groups is 1. The van der Waals surface area contributed by atoms with Crippen molar-refractivity contribution >= 4 is 29.9 Å². The first-order valence-electron chi connectivity index (χ1n) is 8.76. The molecular weight excluding hydrogens is 427 g/mol. The Kier molecular flexibility index (Phi) is 9.16. The minimum absolute atomic E-state index is 0. The fraction of sp³-hybridized carbons (Fsp3) is 0.632. The Balaban J connectivity index is 0.00000312. The first-order chi connectivity index (χ1) is 11.4. The van der Waals surface area contributed by atoms with Gasteiger partial charge >= 0.3 is 0 Å². The van der Waals surface area contributed by atoms with Crippen LogP contribution in [0.25, 0.3) is 0 Å². The number of ether oxygens (including phenoxy) is 1. The molecule has 1 aromatic carbocycles. The van der Waals surface area contributed by atoms with Gasteiger partial charge in [0, 0.05) is 32.2 Å². The predicted octanol–water partition coefficient (Wildman–Crippen LogP) is 2.95. The fourth-order valence-corrected chi connectivity index (χ4v) is 2.86. The monoisotopic (exact) mass is 460 g/mol. The third kappa shape index (κ3) is 7.50. The first kappa shape index (κ1) is 22.2. The quantitative estimate of drug-likeness (QED) is 0.412. The number of aliphatic imine (C=N–C) groups is 1. The number of hydrogen-bond donors (Lipinski definition) is 2. The van der Waals surface area contributed by atoms with Gasteiger partial charge in [0.2, 0.25) is 0 Å². The molecule has 2 N–H and O–H groups in total.